The molecule has 28 heavy (non-hydrogen) atoms. The highest BCUT2D eigenvalue weighted by molar-refractivity contribution is 7.80. The number of hydrogen-bond acceptors (Lipinski definition) is 5. The number of nitrogens with one attached hydrogen (secondary N) is 3. The number of hydrogen-bond donors (Lipinski definition) is 3. The van der Waals surface area contributed by atoms with Crippen LogP contribution >= 0.6 is 12.2 Å². The molecule has 0 atom stereocenters. The molecule has 0 saturated carbocycles. The van der Waals surface area contributed by atoms with Crippen LogP contribution in [0.1, 0.15) is 30.6 Å². The Morgan fingerprint density at radius 1 is 1.00 bits per heavy atom. The third-order valence-electron chi connectivity index (χ3n) is 3.59. The standard InChI is InChI=1S/C19H20N4O4S/c1-12(2)11-17(24)20-14-5-7-15(8-6-14)21-19(28)22-18(25)13-3-9-16(10-4-13)23(26)27/h3-10,12H,11H2,1-2H3,(H,20,24)(H2,21,22,25,28). The number of anilines is 2. The summed E-state index contributed by atoms with van der Waals surface area (Å²) in [5.41, 5.74) is 1.45. The van der Waals surface area contributed by atoms with E-state index in [0.29, 0.717) is 17.8 Å². The second kappa shape index (κ2) is 9.56. The van der Waals surface area contributed by atoms with E-state index in [-0.39, 0.29) is 28.2 Å². The average molecular weight is 400 g/mol. The van der Waals surface area contributed by atoms with E-state index < -0.39 is 10.8 Å². The SMILES string of the molecule is CC(C)CC(=O)Nc1ccc(NC(=S)NC(=O)c2ccc([N+](=O)[O-])cc2)cc1. The molecule has 0 aliphatic rings. The highest BCUT2D eigenvalue weighted by Crippen LogP contribution is 2.15. The maximum absolute atomic E-state index is 12.1. The first kappa shape index (κ1) is 21.0. The normalized spacial score (nSPS) is 10.2. The van der Waals surface area contributed by atoms with Crippen LogP contribution in [0.25, 0.3) is 0 Å². The van der Waals surface area contributed by atoms with Gasteiger partial charge in [0.1, 0.15) is 0 Å². The summed E-state index contributed by atoms with van der Waals surface area (Å²) in [4.78, 5) is 34.0. The number of nitrogens with zero attached hydrogens (tertiary/aromatic N) is 1. The van der Waals surface area contributed by atoms with Crippen LogP contribution in [0.4, 0.5) is 17.1 Å². The molecule has 0 aromatic heterocycles. The molecule has 9 heteroatoms. The van der Waals surface area contributed by atoms with E-state index >= 15 is 0 Å². The molecule has 0 radical (unpaired) electrons. The van der Waals surface area contributed by atoms with Crippen molar-refractivity contribution < 1.29 is 14.5 Å². The number of carbonyl (C=O) groups is 2. The lowest BCUT2D eigenvalue weighted by Crippen LogP contribution is -2.34. The topological polar surface area (TPSA) is 113 Å². The van der Waals surface area contributed by atoms with Crippen LogP contribution in [0.15, 0.2) is 48.5 Å². The fourth-order valence-electron chi connectivity index (χ4n) is 2.29. The number of nitro groups is 1. The quantitative estimate of drug-likeness (QED) is 0.387. The Labute approximate surface area is 167 Å². The predicted octanol–water partition coefficient (Wildman–Crippen LogP) is 3.71. The fourth-order valence-corrected chi connectivity index (χ4v) is 2.50. The summed E-state index contributed by atoms with van der Waals surface area (Å²) in [6.45, 7) is 3.94. The minimum Gasteiger partial charge on any atom is -0.332 e. The summed E-state index contributed by atoms with van der Waals surface area (Å²) in [7, 11) is 0. The van der Waals surface area contributed by atoms with Crippen molar-refractivity contribution in [3.8, 4) is 0 Å². The highest BCUT2D eigenvalue weighted by Gasteiger charge is 2.11. The largest absolute Gasteiger partial charge is 0.332 e. The summed E-state index contributed by atoms with van der Waals surface area (Å²) in [6.07, 6.45) is 0.443. The van der Waals surface area contributed by atoms with Gasteiger partial charge in [-0.05, 0) is 54.5 Å². The molecule has 0 bridgehead atoms. The Balaban J connectivity index is 1.89. The monoisotopic (exact) mass is 400 g/mol. The van der Waals surface area contributed by atoms with E-state index in [1.807, 2.05) is 13.8 Å². The zero-order valence-corrected chi connectivity index (χ0v) is 16.2. The van der Waals surface area contributed by atoms with Gasteiger partial charge in [-0.2, -0.15) is 0 Å². The van der Waals surface area contributed by atoms with Crippen LogP contribution in [0.5, 0.6) is 0 Å². The molecule has 0 fully saturated rings. The van der Waals surface area contributed by atoms with Crippen LogP contribution in [-0.4, -0.2) is 21.9 Å². The van der Waals surface area contributed by atoms with Crippen molar-refractivity contribution >= 4 is 46.2 Å². The van der Waals surface area contributed by atoms with Gasteiger partial charge in [0.2, 0.25) is 5.91 Å². The molecule has 0 aliphatic carbocycles. The van der Waals surface area contributed by atoms with Crippen molar-refractivity contribution in [2.45, 2.75) is 20.3 Å². The number of non-ortho nitro benzene ring substituents is 1. The van der Waals surface area contributed by atoms with Gasteiger partial charge >= 0.3 is 0 Å². The van der Waals surface area contributed by atoms with E-state index in [1.165, 1.54) is 24.3 Å². The van der Waals surface area contributed by atoms with Crippen molar-refractivity contribution in [2.24, 2.45) is 5.92 Å². The van der Waals surface area contributed by atoms with Gasteiger partial charge in [-0.3, -0.25) is 25.0 Å². The van der Waals surface area contributed by atoms with Crippen molar-refractivity contribution in [1.82, 2.24) is 5.32 Å². The third kappa shape index (κ3) is 6.44. The van der Waals surface area contributed by atoms with Crippen molar-refractivity contribution in [2.75, 3.05) is 10.6 Å². The lowest BCUT2D eigenvalue weighted by Gasteiger charge is -2.11. The fraction of sp³-hybridized carbons (Fsp3) is 0.211. The van der Waals surface area contributed by atoms with Crippen molar-refractivity contribution in [3.63, 3.8) is 0 Å². The summed E-state index contributed by atoms with van der Waals surface area (Å²) in [5.74, 6) is -0.260. The Morgan fingerprint density at radius 3 is 2.04 bits per heavy atom. The first-order valence-electron chi connectivity index (χ1n) is 8.51. The van der Waals surface area contributed by atoms with Crippen LogP contribution < -0.4 is 16.0 Å². The molecule has 0 heterocycles. The number of thiocarbonyl (C=S) groups is 1. The average Bonchev–Trinajstić information content (AvgIpc) is 2.62. The molecule has 2 aromatic rings. The van der Waals surface area contributed by atoms with Gasteiger partial charge in [0.15, 0.2) is 5.11 Å². The van der Waals surface area contributed by atoms with Crippen LogP contribution in [0.3, 0.4) is 0 Å². The summed E-state index contributed by atoms with van der Waals surface area (Å²) in [5, 5.41) is 18.9. The lowest BCUT2D eigenvalue weighted by atomic mass is 10.1. The maximum atomic E-state index is 12.1. The molecular weight excluding hydrogens is 380 g/mol. The smallest absolute Gasteiger partial charge is 0.269 e. The van der Waals surface area contributed by atoms with E-state index in [0.717, 1.165) is 0 Å². The molecule has 8 nitrogen and oxygen atoms in total. The van der Waals surface area contributed by atoms with E-state index in [2.05, 4.69) is 16.0 Å². The third-order valence-corrected chi connectivity index (χ3v) is 3.79. The first-order chi connectivity index (χ1) is 13.2. The minimum absolute atomic E-state index is 0.0541. The Morgan fingerprint density at radius 2 is 1.54 bits per heavy atom. The Kier molecular flexibility index (Phi) is 7.16. The van der Waals surface area contributed by atoms with Crippen molar-refractivity contribution in [1.29, 1.82) is 0 Å². The van der Waals surface area contributed by atoms with Gasteiger partial charge in [0, 0.05) is 35.5 Å². The molecule has 0 saturated heterocycles. The molecule has 0 spiro atoms. The number of carbonyl (C=O) groups excluding carboxylic acids is 2. The molecular formula is C19H20N4O4S. The number of benzene rings is 2. The highest BCUT2D eigenvalue weighted by atomic mass is 32.1. The van der Waals surface area contributed by atoms with E-state index in [1.54, 1.807) is 24.3 Å². The van der Waals surface area contributed by atoms with Gasteiger partial charge in [-0.25, -0.2) is 0 Å². The van der Waals surface area contributed by atoms with E-state index in [4.69, 9.17) is 12.2 Å². The van der Waals surface area contributed by atoms with E-state index in [9.17, 15) is 19.7 Å². The molecule has 3 N–H and O–H groups in total. The zero-order valence-electron chi connectivity index (χ0n) is 15.4. The molecule has 2 rings (SSSR count). The number of amides is 2. The van der Waals surface area contributed by atoms with Gasteiger partial charge in [-0.15, -0.1) is 0 Å². The summed E-state index contributed by atoms with van der Waals surface area (Å²) in [6, 6.07) is 12.1. The minimum atomic E-state index is -0.539. The van der Waals surface area contributed by atoms with Crippen LogP contribution in [0, 0.1) is 16.0 Å². The molecule has 0 aliphatic heterocycles. The Bertz CT molecular complexity index is 880. The number of nitro benzene ring substituents is 1. The Hall–Kier alpha value is -3.33. The van der Waals surface area contributed by atoms with Gasteiger partial charge in [-0.1, -0.05) is 13.8 Å². The summed E-state index contributed by atoms with van der Waals surface area (Å²) >= 11 is 5.11. The molecule has 146 valence electrons. The maximum Gasteiger partial charge on any atom is 0.269 e. The van der Waals surface area contributed by atoms with Crippen LogP contribution in [0.2, 0.25) is 0 Å². The van der Waals surface area contributed by atoms with Gasteiger partial charge in [0.05, 0.1) is 4.92 Å². The first-order valence-corrected chi connectivity index (χ1v) is 8.92. The molecule has 2 amide bonds. The molecule has 2 aromatic carbocycles. The predicted molar refractivity (Wildman–Crippen MR) is 111 cm³/mol. The van der Waals surface area contributed by atoms with Gasteiger partial charge in [0.25, 0.3) is 11.6 Å². The summed E-state index contributed by atoms with van der Waals surface area (Å²) < 4.78 is 0. The zero-order chi connectivity index (χ0) is 20.7. The second-order valence-corrected chi connectivity index (χ2v) is 6.84. The molecule has 0 unspecified atom stereocenters. The van der Waals surface area contributed by atoms with Gasteiger partial charge < -0.3 is 10.6 Å². The van der Waals surface area contributed by atoms with Crippen molar-refractivity contribution in [3.05, 3.63) is 64.2 Å². The number of rotatable bonds is 6. The van der Waals surface area contributed by atoms with Crippen LogP contribution in [-0.2, 0) is 4.79 Å². The second-order valence-electron chi connectivity index (χ2n) is 6.44. The lowest BCUT2D eigenvalue weighted by molar-refractivity contribution is -0.384.